The maximum absolute atomic E-state index is 5.64. The molecule has 0 spiro atoms. The highest BCUT2D eigenvalue weighted by atomic mass is 32.1. The molecule has 4 aromatic rings. The molecule has 0 saturated heterocycles. The van der Waals surface area contributed by atoms with Crippen LogP contribution in [0.2, 0.25) is 0 Å². The molecule has 2 nitrogen and oxygen atoms in total. The summed E-state index contributed by atoms with van der Waals surface area (Å²) in [6, 6.07) is 13.1. The maximum Gasteiger partial charge on any atom is 0.126 e. The van der Waals surface area contributed by atoms with E-state index in [4.69, 9.17) is 9.47 Å². The van der Waals surface area contributed by atoms with Gasteiger partial charge in [-0.05, 0) is 87.4 Å². The van der Waals surface area contributed by atoms with E-state index in [2.05, 4.69) is 57.2 Å². The standard InChI is InChI=1S/C28H28O2S3/c1-7-8-20-15-24(30-6)21(16-23(20)29-5)9-10-22-14-18(3)28(32-22)26-12-11-25(33-26)27-17(2)13-19(4)31-27/h7-16H,1-6H3/b8-7+,10-9+. The smallest absolute Gasteiger partial charge is 0.126 e. The molecule has 0 aliphatic rings. The second-order valence-electron chi connectivity index (χ2n) is 7.86. The van der Waals surface area contributed by atoms with Crippen molar-refractivity contribution in [2.45, 2.75) is 27.7 Å². The zero-order chi connectivity index (χ0) is 23.5. The molecular formula is C28H28O2S3. The van der Waals surface area contributed by atoms with Crippen molar-refractivity contribution in [3.8, 4) is 31.0 Å². The van der Waals surface area contributed by atoms with E-state index in [0.29, 0.717) is 0 Å². The van der Waals surface area contributed by atoms with Gasteiger partial charge in [-0.3, -0.25) is 0 Å². The number of ether oxygens (including phenoxy) is 2. The SMILES string of the molecule is C/C=C/c1cc(OC)c(/C=C/c2cc(C)c(-c3ccc(-c4sc(C)cc4C)s3)s2)cc1OC. The summed E-state index contributed by atoms with van der Waals surface area (Å²) in [4.78, 5) is 7.99. The number of thiophene rings is 3. The highest BCUT2D eigenvalue weighted by Crippen LogP contribution is 2.43. The van der Waals surface area contributed by atoms with Crippen LogP contribution < -0.4 is 9.47 Å². The van der Waals surface area contributed by atoms with Crippen molar-refractivity contribution in [1.29, 1.82) is 0 Å². The van der Waals surface area contributed by atoms with Crippen LogP contribution in [0.5, 0.6) is 11.5 Å². The second kappa shape index (κ2) is 10.1. The molecule has 0 aliphatic heterocycles. The molecule has 0 fully saturated rings. The Balaban J connectivity index is 1.63. The summed E-state index contributed by atoms with van der Waals surface area (Å²) in [7, 11) is 3.41. The Morgan fingerprint density at radius 3 is 1.79 bits per heavy atom. The number of benzene rings is 1. The normalized spacial score (nSPS) is 11.7. The summed E-state index contributed by atoms with van der Waals surface area (Å²) in [5.41, 5.74) is 4.67. The van der Waals surface area contributed by atoms with E-state index in [1.54, 1.807) is 14.2 Å². The third-order valence-corrected chi connectivity index (χ3v) is 9.19. The first-order chi connectivity index (χ1) is 15.9. The van der Waals surface area contributed by atoms with Crippen LogP contribution in [0.25, 0.3) is 37.7 Å². The van der Waals surface area contributed by atoms with Crippen molar-refractivity contribution < 1.29 is 9.47 Å². The molecule has 3 heterocycles. The van der Waals surface area contributed by atoms with Gasteiger partial charge >= 0.3 is 0 Å². The van der Waals surface area contributed by atoms with Crippen molar-refractivity contribution in [3.05, 3.63) is 74.5 Å². The molecule has 0 aliphatic carbocycles. The molecule has 0 N–H and O–H groups in total. The number of allylic oxidation sites excluding steroid dienone is 1. The minimum atomic E-state index is 0.832. The van der Waals surface area contributed by atoms with Crippen molar-refractivity contribution in [1.82, 2.24) is 0 Å². The van der Waals surface area contributed by atoms with Crippen molar-refractivity contribution >= 4 is 52.2 Å². The van der Waals surface area contributed by atoms with Crippen molar-refractivity contribution in [2.75, 3.05) is 14.2 Å². The van der Waals surface area contributed by atoms with Crippen LogP contribution in [0.3, 0.4) is 0 Å². The van der Waals surface area contributed by atoms with Crippen LogP contribution in [0, 0.1) is 20.8 Å². The average Bonchev–Trinajstić information content (AvgIpc) is 3.50. The number of methoxy groups -OCH3 is 2. The summed E-state index contributed by atoms with van der Waals surface area (Å²) in [6.07, 6.45) is 8.29. The molecule has 33 heavy (non-hydrogen) atoms. The minimum absolute atomic E-state index is 0.832. The van der Waals surface area contributed by atoms with Gasteiger partial charge in [0.05, 0.1) is 14.2 Å². The molecule has 0 saturated carbocycles. The van der Waals surface area contributed by atoms with Gasteiger partial charge in [0.15, 0.2) is 0 Å². The van der Waals surface area contributed by atoms with Gasteiger partial charge in [-0.2, -0.15) is 0 Å². The van der Waals surface area contributed by atoms with E-state index >= 15 is 0 Å². The van der Waals surface area contributed by atoms with E-state index in [1.807, 2.05) is 65.2 Å². The largest absolute Gasteiger partial charge is 0.496 e. The second-order valence-corrected chi connectivity index (χ2v) is 11.3. The third kappa shape index (κ3) is 5.01. The van der Waals surface area contributed by atoms with Crippen molar-refractivity contribution in [3.63, 3.8) is 0 Å². The van der Waals surface area contributed by atoms with Crippen molar-refractivity contribution in [2.24, 2.45) is 0 Å². The van der Waals surface area contributed by atoms with Gasteiger partial charge < -0.3 is 9.47 Å². The molecule has 0 radical (unpaired) electrons. The summed E-state index contributed by atoms with van der Waals surface area (Å²) in [6.45, 7) is 8.57. The van der Waals surface area contributed by atoms with Gasteiger partial charge in [0.25, 0.3) is 0 Å². The lowest BCUT2D eigenvalue weighted by Crippen LogP contribution is -1.93. The highest BCUT2D eigenvalue weighted by molar-refractivity contribution is 7.26. The fraction of sp³-hybridized carbons (Fsp3) is 0.214. The highest BCUT2D eigenvalue weighted by Gasteiger charge is 2.13. The molecule has 0 bridgehead atoms. The third-order valence-electron chi connectivity index (χ3n) is 5.39. The molecule has 0 unspecified atom stereocenters. The summed E-state index contributed by atoms with van der Waals surface area (Å²) < 4.78 is 11.2. The number of aryl methyl sites for hydroxylation is 3. The molecule has 5 heteroatoms. The molecule has 1 aromatic carbocycles. The van der Waals surface area contributed by atoms with Crippen LogP contribution in [0.4, 0.5) is 0 Å². The summed E-state index contributed by atoms with van der Waals surface area (Å²) in [5.74, 6) is 1.67. The lowest BCUT2D eigenvalue weighted by atomic mass is 10.1. The molecule has 4 rings (SSSR count). The van der Waals surface area contributed by atoms with E-state index in [9.17, 15) is 0 Å². The van der Waals surface area contributed by atoms with E-state index < -0.39 is 0 Å². The first-order valence-corrected chi connectivity index (χ1v) is 13.2. The molecule has 0 atom stereocenters. The Labute approximate surface area is 208 Å². The summed E-state index contributed by atoms with van der Waals surface area (Å²) in [5, 5.41) is 0. The van der Waals surface area contributed by atoms with Gasteiger partial charge in [-0.1, -0.05) is 12.2 Å². The molecule has 170 valence electrons. The van der Waals surface area contributed by atoms with E-state index in [0.717, 1.165) is 22.6 Å². The monoisotopic (exact) mass is 492 g/mol. The quantitative estimate of drug-likeness (QED) is 0.256. The Hall–Kier alpha value is -2.60. The molecular weight excluding hydrogens is 465 g/mol. The predicted molar refractivity (Wildman–Crippen MR) is 148 cm³/mol. The van der Waals surface area contributed by atoms with Gasteiger partial charge in [0.1, 0.15) is 11.5 Å². The minimum Gasteiger partial charge on any atom is -0.496 e. The number of rotatable bonds is 7. The molecule has 3 aromatic heterocycles. The Morgan fingerprint density at radius 2 is 1.24 bits per heavy atom. The Kier molecular flexibility index (Phi) is 7.23. The lowest BCUT2D eigenvalue weighted by Gasteiger charge is -2.11. The zero-order valence-electron chi connectivity index (χ0n) is 19.8. The van der Waals surface area contributed by atoms with Gasteiger partial charge in [-0.25, -0.2) is 0 Å². The predicted octanol–water partition coefficient (Wildman–Crippen LogP) is 9.35. The first-order valence-electron chi connectivity index (χ1n) is 10.8. The number of hydrogen-bond acceptors (Lipinski definition) is 5. The van der Waals surface area contributed by atoms with Gasteiger partial charge in [0, 0.05) is 40.4 Å². The number of hydrogen-bond donors (Lipinski definition) is 0. The van der Waals surface area contributed by atoms with E-state index in [-0.39, 0.29) is 0 Å². The summed E-state index contributed by atoms with van der Waals surface area (Å²) >= 11 is 5.59. The molecule has 0 amide bonds. The van der Waals surface area contributed by atoms with Crippen LogP contribution in [0.1, 0.15) is 38.9 Å². The fourth-order valence-electron chi connectivity index (χ4n) is 3.86. The fourth-order valence-corrected chi connectivity index (χ4v) is 7.32. The van der Waals surface area contributed by atoms with E-state index in [1.165, 1.54) is 40.4 Å². The average molecular weight is 493 g/mol. The van der Waals surface area contributed by atoms with Gasteiger partial charge in [0.2, 0.25) is 0 Å². The Morgan fingerprint density at radius 1 is 0.667 bits per heavy atom. The first kappa shape index (κ1) is 23.6. The zero-order valence-corrected chi connectivity index (χ0v) is 22.3. The Bertz CT molecular complexity index is 1330. The topological polar surface area (TPSA) is 18.5 Å². The van der Waals surface area contributed by atoms with Crippen LogP contribution >= 0.6 is 34.0 Å². The van der Waals surface area contributed by atoms with Crippen LogP contribution in [0.15, 0.2) is 42.5 Å². The van der Waals surface area contributed by atoms with Gasteiger partial charge in [-0.15, -0.1) is 34.0 Å². The maximum atomic E-state index is 5.64. The van der Waals surface area contributed by atoms with Crippen LogP contribution in [-0.2, 0) is 0 Å². The lowest BCUT2D eigenvalue weighted by molar-refractivity contribution is 0.401. The van der Waals surface area contributed by atoms with Crippen LogP contribution in [-0.4, -0.2) is 14.2 Å².